The normalized spacial score (nSPS) is 19.6. The quantitative estimate of drug-likeness (QED) is 0.846. The number of hydrogen-bond acceptors (Lipinski definition) is 4. The van der Waals surface area contributed by atoms with E-state index in [1.54, 1.807) is 48.4 Å². The van der Waals surface area contributed by atoms with Crippen LogP contribution in [-0.4, -0.2) is 37.4 Å². The van der Waals surface area contributed by atoms with Crippen molar-refractivity contribution in [2.75, 3.05) is 12.3 Å². The van der Waals surface area contributed by atoms with Crippen LogP contribution >= 0.6 is 23.2 Å². The second-order valence-corrected chi connectivity index (χ2v) is 8.28. The van der Waals surface area contributed by atoms with E-state index in [2.05, 4.69) is 9.71 Å². The monoisotopic (exact) mass is 399 g/mol. The number of sulfonamides is 1. The lowest BCUT2D eigenvalue weighted by atomic mass is 10.1. The number of nitrogens with zero attached hydrogens (tertiary/aromatic N) is 2. The molecule has 0 aromatic heterocycles. The Kier molecular flexibility index (Phi) is 4.90. The van der Waals surface area contributed by atoms with Crippen LogP contribution < -0.4 is 5.32 Å². The first-order valence-corrected chi connectivity index (χ1v) is 9.87. The van der Waals surface area contributed by atoms with Crippen LogP contribution in [0.25, 0.3) is 0 Å². The molecule has 0 unspecified atom stereocenters. The SMILES string of the molecule is C[C@@H](NC(=O)C1=CC=CN2CCS(=O)(=O)N=C12)c1ccc(Cl)cc1Cl. The average molecular weight is 400 g/mol. The number of nitrogens with one attached hydrogen (secondary N) is 1. The highest BCUT2D eigenvalue weighted by molar-refractivity contribution is 7.90. The van der Waals surface area contributed by atoms with E-state index >= 15 is 0 Å². The summed E-state index contributed by atoms with van der Waals surface area (Å²) in [4.78, 5) is 14.3. The highest BCUT2D eigenvalue weighted by atomic mass is 35.5. The zero-order chi connectivity index (χ0) is 18.2. The average Bonchev–Trinajstić information content (AvgIpc) is 2.53. The second-order valence-electron chi connectivity index (χ2n) is 5.68. The number of benzene rings is 1. The van der Waals surface area contributed by atoms with Crippen molar-refractivity contribution in [2.45, 2.75) is 13.0 Å². The maximum absolute atomic E-state index is 12.6. The molecule has 0 bridgehead atoms. The van der Waals surface area contributed by atoms with Crippen LogP contribution in [0.1, 0.15) is 18.5 Å². The van der Waals surface area contributed by atoms with Crippen molar-refractivity contribution in [1.29, 1.82) is 0 Å². The molecule has 1 aromatic carbocycles. The molecule has 0 spiro atoms. The number of allylic oxidation sites excluding steroid dienone is 2. The maximum atomic E-state index is 12.6. The first-order chi connectivity index (χ1) is 11.8. The number of fused-ring (bicyclic) bond motifs is 1. The first-order valence-electron chi connectivity index (χ1n) is 7.51. The summed E-state index contributed by atoms with van der Waals surface area (Å²) in [6, 6.07) is 4.63. The molecule has 9 heteroatoms. The molecule has 2 aliphatic heterocycles. The lowest BCUT2D eigenvalue weighted by molar-refractivity contribution is -0.117. The van der Waals surface area contributed by atoms with Crippen LogP contribution in [0.4, 0.5) is 0 Å². The molecule has 0 fully saturated rings. The minimum Gasteiger partial charge on any atom is -0.345 e. The Hall–Kier alpha value is -1.83. The Morgan fingerprint density at radius 1 is 1.36 bits per heavy atom. The van der Waals surface area contributed by atoms with Gasteiger partial charge in [0, 0.05) is 22.8 Å². The van der Waals surface area contributed by atoms with Crippen molar-refractivity contribution in [3.05, 3.63) is 57.7 Å². The lowest BCUT2D eigenvalue weighted by Gasteiger charge is -2.29. The van der Waals surface area contributed by atoms with E-state index in [9.17, 15) is 13.2 Å². The Morgan fingerprint density at radius 2 is 2.12 bits per heavy atom. The molecule has 6 nitrogen and oxygen atoms in total. The Balaban J connectivity index is 1.84. The first kappa shape index (κ1) is 18.0. The van der Waals surface area contributed by atoms with E-state index in [1.807, 2.05) is 0 Å². The molecule has 1 atom stereocenters. The molecule has 132 valence electrons. The molecule has 3 rings (SSSR count). The van der Waals surface area contributed by atoms with Crippen LogP contribution in [-0.2, 0) is 14.8 Å². The van der Waals surface area contributed by atoms with E-state index < -0.39 is 22.0 Å². The third kappa shape index (κ3) is 3.89. The molecule has 1 amide bonds. The fourth-order valence-corrected chi connectivity index (χ4v) is 4.16. The van der Waals surface area contributed by atoms with Crippen molar-refractivity contribution in [2.24, 2.45) is 4.40 Å². The van der Waals surface area contributed by atoms with Gasteiger partial charge in [-0.15, -0.1) is 4.40 Å². The minimum atomic E-state index is -3.56. The summed E-state index contributed by atoms with van der Waals surface area (Å²) >= 11 is 12.1. The van der Waals surface area contributed by atoms with E-state index in [0.717, 1.165) is 0 Å². The molecule has 0 radical (unpaired) electrons. The van der Waals surface area contributed by atoms with Gasteiger partial charge in [-0.1, -0.05) is 29.3 Å². The molecule has 0 saturated heterocycles. The van der Waals surface area contributed by atoms with Crippen LogP contribution in [0, 0.1) is 0 Å². The van der Waals surface area contributed by atoms with Gasteiger partial charge < -0.3 is 10.2 Å². The smallest absolute Gasteiger partial charge is 0.256 e. The number of amidine groups is 1. The van der Waals surface area contributed by atoms with Gasteiger partial charge in [-0.3, -0.25) is 4.79 Å². The van der Waals surface area contributed by atoms with E-state index in [-0.39, 0.29) is 23.7 Å². The van der Waals surface area contributed by atoms with Gasteiger partial charge >= 0.3 is 0 Å². The molecule has 2 heterocycles. The summed E-state index contributed by atoms with van der Waals surface area (Å²) in [7, 11) is -3.56. The maximum Gasteiger partial charge on any atom is 0.256 e. The molecule has 1 aromatic rings. The highest BCUT2D eigenvalue weighted by Gasteiger charge is 2.30. The standard InChI is InChI=1S/C16H15Cl2N3O3S/c1-10(12-5-4-11(17)9-14(12)18)19-16(22)13-3-2-6-21-7-8-25(23,24)20-15(13)21/h2-6,9-10H,7-8H2,1H3,(H,19,22)/t10-/m1/s1. The molecular formula is C16H15Cl2N3O3S. The number of halogens is 2. The third-order valence-electron chi connectivity index (χ3n) is 3.88. The number of carbonyl (C=O) groups excluding carboxylic acids is 1. The number of hydrogen-bond donors (Lipinski definition) is 1. The summed E-state index contributed by atoms with van der Waals surface area (Å²) in [5.41, 5.74) is 0.907. The Labute approximate surface area is 155 Å². The zero-order valence-electron chi connectivity index (χ0n) is 13.2. The van der Waals surface area contributed by atoms with Gasteiger partial charge in [0.05, 0.1) is 17.4 Å². The highest BCUT2D eigenvalue weighted by Crippen LogP contribution is 2.27. The van der Waals surface area contributed by atoms with Crippen molar-refractivity contribution in [3.8, 4) is 0 Å². The topological polar surface area (TPSA) is 78.8 Å². The van der Waals surface area contributed by atoms with Gasteiger partial charge in [0.25, 0.3) is 15.9 Å². The zero-order valence-corrected chi connectivity index (χ0v) is 15.6. The summed E-state index contributed by atoms with van der Waals surface area (Å²) in [6.45, 7) is 2.05. The summed E-state index contributed by atoms with van der Waals surface area (Å²) in [6.07, 6.45) is 4.93. The summed E-state index contributed by atoms with van der Waals surface area (Å²) < 4.78 is 27.3. The minimum absolute atomic E-state index is 0.0769. The Morgan fingerprint density at radius 3 is 2.84 bits per heavy atom. The molecule has 0 aliphatic carbocycles. The number of carbonyl (C=O) groups is 1. The van der Waals surface area contributed by atoms with E-state index in [1.165, 1.54) is 0 Å². The molecule has 0 saturated carbocycles. The van der Waals surface area contributed by atoms with E-state index in [4.69, 9.17) is 23.2 Å². The lowest BCUT2D eigenvalue weighted by Crippen LogP contribution is -2.42. The van der Waals surface area contributed by atoms with Crippen LogP contribution in [0.15, 0.2) is 46.5 Å². The van der Waals surface area contributed by atoms with Crippen molar-refractivity contribution in [1.82, 2.24) is 10.2 Å². The predicted molar refractivity (Wildman–Crippen MR) is 98.2 cm³/mol. The number of rotatable bonds is 3. The summed E-state index contributed by atoms with van der Waals surface area (Å²) in [5, 5.41) is 3.76. The fourth-order valence-electron chi connectivity index (χ4n) is 2.60. The number of amides is 1. The van der Waals surface area contributed by atoms with Gasteiger partial charge in [0.2, 0.25) is 0 Å². The van der Waals surface area contributed by atoms with Crippen LogP contribution in [0.2, 0.25) is 10.0 Å². The molecule has 2 aliphatic rings. The van der Waals surface area contributed by atoms with Gasteiger partial charge in [-0.25, -0.2) is 8.42 Å². The molecule has 25 heavy (non-hydrogen) atoms. The van der Waals surface area contributed by atoms with Crippen LogP contribution in [0.3, 0.4) is 0 Å². The van der Waals surface area contributed by atoms with E-state index in [0.29, 0.717) is 15.6 Å². The third-order valence-corrected chi connectivity index (χ3v) is 5.59. The summed E-state index contributed by atoms with van der Waals surface area (Å²) in [5.74, 6) is -0.364. The molecular weight excluding hydrogens is 385 g/mol. The van der Waals surface area contributed by atoms with Crippen molar-refractivity contribution in [3.63, 3.8) is 0 Å². The van der Waals surface area contributed by atoms with Gasteiger partial charge in [-0.05, 0) is 36.8 Å². The Bertz CT molecular complexity index is 923. The predicted octanol–water partition coefficient (Wildman–Crippen LogP) is 2.67. The van der Waals surface area contributed by atoms with Crippen molar-refractivity contribution >= 4 is 45.0 Å². The van der Waals surface area contributed by atoms with Crippen molar-refractivity contribution < 1.29 is 13.2 Å². The largest absolute Gasteiger partial charge is 0.345 e. The fraction of sp³-hybridized carbons (Fsp3) is 0.250. The van der Waals surface area contributed by atoms with Gasteiger partial charge in [-0.2, -0.15) is 0 Å². The van der Waals surface area contributed by atoms with Crippen LogP contribution in [0.5, 0.6) is 0 Å². The van der Waals surface area contributed by atoms with Gasteiger partial charge in [0.15, 0.2) is 5.84 Å². The second kappa shape index (κ2) is 6.82. The molecule has 1 N–H and O–H groups in total. The van der Waals surface area contributed by atoms with Gasteiger partial charge in [0.1, 0.15) is 0 Å².